The summed E-state index contributed by atoms with van der Waals surface area (Å²) in [6, 6.07) is 0. The van der Waals surface area contributed by atoms with Gasteiger partial charge in [-0.2, -0.15) is 4.98 Å². The molecule has 1 aromatic rings. The van der Waals surface area contributed by atoms with Crippen LogP contribution in [-0.4, -0.2) is 45.2 Å². The molecule has 1 saturated carbocycles. The number of aromatic nitrogens is 2. The van der Waals surface area contributed by atoms with Gasteiger partial charge in [-0.1, -0.05) is 38.8 Å². The van der Waals surface area contributed by atoms with Gasteiger partial charge in [0.05, 0.1) is 5.60 Å². The number of nitrogens with zero attached hydrogens (tertiary/aromatic N) is 3. The molecule has 1 aromatic heterocycles. The molecule has 1 aliphatic carbocycles. The molecule has 0 aliphatic heterocycles. The first-order valence-corrected chi connectivity index (χ1v) is 7.99. The molecule has 1 heterocycles. The fourth-order valence-electron chi connectivity index (χ4n) is 2.79. The number of carbonyl (C=O) groups is 1. The number of likely N-dealkylation sites (N-methyl/N-ethyl adjacent to an activating group) is 1. The third kappa shape index (κ3) is 4.29. The van der Waals surface area contributed by atoms with Gasteiger partial charge in [0.25, 0.3) is 0 Å². The van der Waals surface area contributed by atoms with Crippen molar-refractivity contribution >= 4 is 5.91 Å². The minimum Gasteiger partial charge on any atom is -0.388 e. The predicted octanol–water partition coefficient (Wildman–Crippen LogP) is 2.06. The molecule has 0 atom stereocenters. The summed E-state index contributed by atoms with van der Waals surface area (Å²) in [5.74, 6) is 1.14. The third-order valence-electron chi connectivity index (χ3n) is 4.18. The summed E-state index contributed by atoms with van der Waals surface area (Å²) in [5.41, 5.74) is -0.859. The molecule has 1 amide bonds. The number of rotatable bonds is 5. The van der Waals surface area contributed by atoms with Gasteiger partial charge in [-0.3, -0.25) is 4.79 Å². The molecule has 0 unspecified atom stereocenters. The third-order valence-corrected chi connectivity index (χ3v) is 4.18. The van der Waals surface area contributed by atoms with E-state index in [1.807, 2.05) is 20.8 Å². The van der Waals surface area contributed by atoms with Gasteiger partial charge in [0.1, 0.15) is 0 Å². The zero-order chi connectivity index (χ0) is 16.4. The van der Waals surface area contributed by atoms with Crippen LogP contribution >= 0.6 is 0 Å². The van der Waals surface area contributed by atoms with Crippen molar-refractivity contribution in [2.45, 2.75) is 70.3 Å². The van der Waals surface area contributed by atoms with E-state index in [9.17, 15) is 9.90 Å². The van der Waals surface area contributed by atoms with Crippen LogP contribution in [0.2, 0.25) is 0 Å². The van der Waals surface area contributed by atoms with Crippen LogP contribution in [0.4, 0.5) is 0 Å². The molecule has 124 valence electrons. The Balaban J connectivity index is 1.83. The van der Waals surface area contributed by atoms with Crippen molar-refractivity contribution in [1.29, 1.82) is 0 Å². The monoisotopic (exact) mass is 309 g/mol. The highest BCUT2D eigenvalue weighted by molar-refractivity contribution is 5.76. The predicted molar refractivity (Wildman–Crippen MR) is 82.4 cm³/mol. The van der Waals surface area contributed by atoms with Crippen LogP contribution in [0.3, 0.4) is 0 Å². The van der Waals surface area contributed by atoms with E-state index >= 15 is 0 Å². The standard InChI is InChI=1S/C16H27N3O3/c1-15(2,3)14-17-12(22-18-14)7-8-13(20)19(4)11-16(21)9-5-6-10-16/h21H,5-11H2,1-4H3. The number of hydrogen-bond acceptors (Lipinski definition) is 5. The van der Waals surface area contributed by atoms with Gasteiger partial charge in [-0.05, 0) is 12.8 Å². The number of carbonyl (C=O) groups excluding carboxylic acids is 1. The zero-order valence-corrected chi connectivity index (χ0v) is 14.1. The zero-order valence-electron chi connectivity index (χ0n) is 14.1. The van der Waals surface area contributed by atoms with Gasteiger partial charge in [0.15, 0.2) is 5.82 Å². The lowest BCUT2D eigenvalue weighted by atomic mass is 9.96. The van der Waals surface area contributed by atoms with Crippen LogP contribution in [0.5, 0.6) is 0 Å². The molecule has 22 heavy (non-hydrogen) atoms. The summed E-state index contributed by atoms with van der Waals surface area (Å²) in [5, 5.41) is 14.3. The van der Waals surface area contributed by atoms with E-state index in [2.05, 4.69) is 10.1 Å². The van der Waals surface area contributed by atoms with Gasteiger partial charge >= 0.3 is 0 Å². The number of hydrogen-bond donors (Lipinski definition) is 1. The van der Waals surface area contributed by atoms with E-state index in [1.54, 1.807) is 11.9 Å². The van der Waals surface area contributed by atoms with Gasteiger partial charge in [0, 0.05) is 31.8 Å². The Morgan fingerprint density at radius 3 is 2.55 bits per heavy atom. The van der Waals surface area contributed by atoms with E-state index < -0.39 is 5.60 Å². The Kier molecular flexibility index (Phi) is 4.90. The summed E-state index contributed by atoms with van der Waals surface area (Å²) in [4.78, 5) is 18.1. The number of aliphatic hydroxyl groups is 1. The van der Waals surface area contributed by atoms with Crippen molar-refractivity contribution < 1.29 is 14.4 Å². The van der Waals surface area contributed by atoms with Crippen LogP contribution < -0.4 is 0 Å². The minimum absolute atomic E-state index is 0.00386. The average Bonchev–Trinajstić information content (AvgIpc) is 3.04. The first-order valence-electron chi connectivity index (χ1n) is 7.99. The van der Waals surface area contributed by atoms with E-state index in [0.29, 0.717) is 31.1 Å². The van der Waals surface area contributed by atoms with Gasteiger partial charge in [-0.25, -0.2) is 0 Å². The van der Waals surface area contributed by atoms with Crippen molar-refractivity contribution in [2.75, 3.05) is 13.6 Å². The molecule has 6 nitrogen and oxygen atoms in total. The molecular weight excluding hydrogens is 282 g/mol. The topological polar surface area (TPSA) is 79.5 Å². The normalized spacial score (nSPS) is 17.7. The second-order valence-corrected chi connectivity index (χ2v) is 7.44. The summed E-state index contributed by atoms with van der Waals surface area (Å²) < 4.78 is 5.19. The van der Waals surface area contributed by atoms with E-state index in [1.165, 1.54) is 0 Å². The second-order valence-electron chi connectivity index (χ2n) is 7.44. The summed E-state index contributed by atoms with van der Waals surface area (Å²) in [6.07, 6.45) is 4.39. The van der Waals surface area contributed by atoms with Gasteiger partial charge in [0.2, 0.25) is 11.8 Å². The Labute approximate surface area is 131 Å². The minimum atomic E-state index is -0.700. The molecule has 0 radical (unpaired) electrons. The van der Waals surface area contributed by atoms with Crippen LogP contribution in [0, 0.1) is 0 Å². The lowest BCUT2D eigenvalue weighted by Crippen LogP contribution is -2.42. The highest BCUT2D eigenvalue weighted by Crippen LogP contribution is 2.30. The molecule has 0 saturated heterocycles. The largest absolute Gasteiger partial charge is 0.388 e. The van der Waals surface area contributed by atoms with E-state index in [0.717, 1.165) is 25.7 Å². The molecule has 0 spiro atoms. The highest BCUT2D eigenvalue weighted by Gasteiger charge is 2.33. The Bertz CT molecular complexity index is 513. The summed E-state index contributed by atoms with van der Waals surface area (Å²) in [6.45, 7) is 6.46. The molecule has 1 fully saturated rings. The van der Waals surface area contributed by atoms with Crippen molar-refractivity contribution in [1.82, 2.24) is 15.0 Å². The maximum Gasteiger partial charge on any atom is 0.227 e. The quantitative estimate of drug-likeness (QED) is 0.900. The lowest BCUT2D eigenvalue weighted by Gasteiger charge is -2.28. The number of aryl methyl sites for hydroxylation is 1. The van der Waals surface area contributed by atoms with Crippen molar-refractivity contribution in [2.24, 2.45) is 0 Å². The molecule has 0 bridgehead atoms. The van der Waals surface area contributed by atoms with Gasteiger partial charge in [-0.15, -0.1) is 0 Å². The molecule has 6 heteroatoms. The summed E-state index contributed by atoms with van der Waals surface area (Å²) in [7, 11) is 1.74. The average molecular weight is 309 g/mol. The lowest BCUT2D eigenvalue weighted by molar-refractivity contribution is -0.133. The second kappa shape index (κ2) is 6.36. The molecular formula is C16H27N3O3. The maximum atomic E-state index is 12.2. The number of amides is 1. The fraction of sp³-hybridized carbons (Fsp3) is 0.812. The Morgan fingerprint density at radius 2 is 2.00 bits per heavy atom. The molecule has 2 rings (SSSR count). The highest BCUT2D eigenvalue weighted by atomic mass is 16.5. The molecule has 1 N–H and O–H groups in total. The van der Waals surface area contributed by atoms with E-state index in [4.69, 9.17) is 4.52 Å². The SMILES string of the molecule is CN(CC1(O)CCCC1)C(=O)CCc1nc(C(C)(C)C)no1. The molecule has 1 aliphatic rings. The van der Waals surface area contributed by atoms with E-state index in [-0.39, 0.29) is 11.3 Å². The fourth-order valence-corrected chi connectivity index (χ4v) is 2.79. The van der Waals surface area contributed by atoms with Gasteiger partial charge < -0.3 is 14.5 Å². The Hall–Kier alpha value is -1.43. The van der Waals surface area contributed by atoms with Crippen molar-refractivity contribution in [3.63, 3.8) is 0 Å². The smallest absolute Gasteiger partial charge is 0.227 e. The van der Waals surface area contributed by atoms with Crippen molar-refractivity contribution in [3.05, 3.63) is 11.7 Å². The van der Waals surface area contributed by atoms with Crippen molar-refractivity contribution in [3.8, 4) is 0 Å². The maximum absolute atomic E-state index is 12.2. The first kappa shape index (κ1) is 16.9. The van der Waals surface area contributed by atoms with Crippen LogP contribution in [0.1, 0.15) is 64.6 Å². The van der Waals surface area contributed by atoms with Crippen LogP contribution in [0.15, 0.2) is 4.52 Å². The molecule has 0 aromatic carbocycles. The van der Waals surface area contributed by atoms with Crippen LogP contribution in [-0.2, 0) is 16.6 Å². The summed E-state index contributed by atoms with van der Waals surface area (Å²) >= 11 is 0. The Morgan fingerprint density at radius 1 is 1.36 bits per heavy atom. The van der Waals surface area contributed by atoms with Crippen LogP contribution in [0.25, 0.3) is 0 Å². The first-order chi connectivity index (χ1) is 10.2.